The van der Waals surface area contributed by atoms with Gasteiger partial charge < -0.3 is 20.5 Å². The molecule has 7 nitrogen and oxygen atoms in total. The first-order chi connectivity index (χ1) is 13.5. The summed E-state index contributed by atoms with van der Waals surface area (Å²) in [5.74, 6) is -0.724. The van der Waals surface area contributed by atoms with E-state index in [1.54, 1.807) is 6.20 Å². The normalized spacial score (nSPS) is 22.2. The van der Waals surface area contributed by atoms with Crippen LogP contribution >= 0.6 is 0 Å². The third-order valence-corrected chi connectivity index (χ3v) is 5.63. The number of aromatic amines is 1. The Hall–Kier alpha value is -3.09. The van der Waals surface area contributed by atoms with Crippen LogP contribution in [0.3, 0.4) is 0 Å². The van der Waals surface area contributed by atoms with Crippen molar-refractivity contribution in [2.75, 3.05) is 6.54 Å². The van der Waals surface area contributed by atoms with Crippen LogP contribution in [-0.4, -0.2) is 40.2 Å². The lowest BCUT2D eigenvalue weighted by Gasteiger charge is -2.37. The maximum atomic E-state index is 13.0. The number of aromatic nitrogens is 1. The van der Waals surface area contributed by atoms with Crippen LogP contribution in [0.15, 0.2) is 41.7 Å². The molecule has 2 aromatic rings. The van der Waals surface area contributed by atoms with Gasteiger partial charge >= 0.3 is 5.97 Å². The Labute approximate surface area is 163 Å². The van der Waals surface area contributed by atoms with Crippen molar-refractivity contribution in [3.05, 3.63) is 58.9 Å². The van der Waals surface area contributed by atoms with Gasteiger partial charge in [-0.15, -0.1) is 0 Å². The summed E-state index contributed by atoms with van der Waals surface area (Å²) in [5.41, 5.74) is 9.30. The minimum atomic E-state index is -0.449. The summed E-state index contributed by atoms with van der Waals surface area (Å²) in [5, 5.41) is 3.77. The van der Waals surface area contributed by atoms with E-state index >= 15 is 0 Å². The number of amides is 1. The van der Waals surface area contributed by atoms with Gasteiger partial charge in [-0.05, 0) is 55.9 Å². The third kappa shape index (κ3) is 3.52. The summed E-state index contributed by atoms with van der Waals surface area (Å²) in [4.78, 5) is 35.4. The second-order valence-electron chi connectivity index (χ2n) is 7.56. The Bertz CT molecular complexity index is 933. The molecule has 0 radical (unpaired) electrons. The quantitative estimate of drug-likeness (QED) is 0.369. The average Bonchev–Trinajstić information content (AvgIpc) is 3.10. The van der Waals surface area contributed by atoms with E-state index in [4.69, 9.17) is 10.6 Å². The van der Waals surface area contributed by atoms with Crippen molar-refractivity contribution in [3.63, 3.8) is 0 Å². The van der Waals surface area contributed by atoms with Crippen molar-refractivity contribution in [2.24, 2.45) is 16.8 Å². The predicted octanol–water partition coefficient (Wildman–Crippen LogP) is 2.35. The number of benzene rings is 1. The molecular weight excluding hydrogens is 356 g/mol. The number of carbonyl (C=O) groups is 2. The first-order valence-corrected chi connectivity index (χ1v) is 9.61. The molecule has 3 heterocycles. The van der Waals surface area contributed by atoms with Gasteiger partial charge in [-0.2, -0.15) is 0 Å². The summed E-state index contributed by atoms with van der Waals surface area (Å²) in [6, 6.07) is 9.71. The van der Waals surface area contributed by atoms with E-state index in [9.17, 15) is 9.59 Å². The number of carbonyl (C=O) groups excluding carboxylic acids is 2. The number of rotatable bonds is 3. The highest BCUT2D eigenvalue weighted by atomic mass is 16.7. The molecule has 0 bridgehead atoms. The van der Waals surface area contributed by atoms with Crippen molar-refractivity contribution in [1.82, 2.24) is 9.88 Å². The van der Waals surface area contributed by atoms with Gasteiger partial charge in [-0.25, -0.2) is 4.79 Å². The van der Waals surface area contributed by atoms with Crippen LogP contribution in [0.4, 0.5) is 0 Å². The van der Waals surface area contributed by atoms with E-state index in [2.05, 4.69) is 10.1 Å². The Kier molecular flexibility index (Phi) is 4.90. The highest BCUT2D eigenvalue weighted by Crippen LogP contribution is 2.31. The van der Waals surface area contributed by atoms with Gasteiger partial charge in [-0.3, -0.25) is 4.79 Å². The number of aryl methyl sites for hydroxylation is 2. The fraction of sp³-hybridized carbons (Fsp3) is 0.381. The number of piperidine rings is 1. The maximum Gasteiger partial charge on any atom is 0.339 e. The predicted molar refractivity (Wildman–Crippen MR) is 105 cm³/mol. The Morgan fingerprint density at radius 1 is 1.29 bits per heavy atom. The molecule has 1 amide bonds. The molecule has 1 fully saturated rings. The van der Waals surface area contributed by atoms with Gasteiger partial charge in [-0.1, -0.05) is 23.4 Å². The van der Waals surface area contributed by atoms with E-state index in [0.29, 0.717) is 18.7 Å². The second-order valence-corrected chi connectivity index (χ2v) is 7.56. The van der Waals surface area contributed by atoms with Gasteiger partial charge in [0, 0.05) is 24.3 Å². The monoisotopic (exact) mass is 380 g/mol. The molecule has 28 heavy (non-hydrogen) atoms. The van der Waals surface area contributed by atoms with Crippen LogP contribution in [-0.2, 0) is 16.1 Å². The molecule has 3 N–H and O–H groups in total. The number of fused-ring (bicyclic) bond motifs is 2. The topological polar surface area (TPSA) is 101 Å². The maximum absolute atomic E-state index is 13.0. The largest absolute Gasteiger partial charge is 0.379 e. The minimum absolute atomic E-state index is 0.000441. The van der Waals surface area contributed by atoms with Gasteiger partial charge in [0.25, 0.3) is 5.91 Å². The van der Waals surface area contributed by atoms with Gasteiger partial charge in [0.1, 0.15) is 0 Å². The third-order valence-electron chi connectivity index (χ3n) is 5.63. The average molecular weight is 380 g/mol. The zero-order valence-corrected chi connectivity index (χ0v) is 15.9. The Morgan fingerprint density at radius 3 is 2.89 bits per heavy atom. The van der Waals surface area contributed by atoms with Crippen molar-refractivity contribution >= 4 is 17.7 Å². The van der Waals surface area contributed by atoms with E-state index < -0.39 is 11.9 Å². The number of hydrogen-bond donors (Lipinski definition) is 2. The van der Waals surface area contributed by atoms with Crippen LogP contribution in [0.25, 0.3) is 0 Å². The molecule has 1 aromatic heterocycles. The van der Waals surface area contributed by atoms with Gasteiger partial charge in [0.15, 0.2) is 5.84 Å². The number of amidine groups is 1. The molecule has 0 spiro atoms. The minimum Gasteiger partial charge on any atom is -0.379 e. The molecular formula is C21H24N4O3. The van der Waals surface area contributed by atoms with Crippen LogP contribution in [0, 0.1) is 12.8 Å². The van der Waals surface area contributed by atoms with Crippen LogP contribution in [0.2, 0.25) is 0 Å². The van der Waals surface area contributed by atoms with E-state index in [-0.39, 0.29) is 17.8 Å². The molecule has 2 aliphatic heterocycles. The number of nitrogens with two attached hydrogens (primary N) is 1. The van der Waals surface area contributed by atoms with Crippen LogP contribution in [0.5, 0.6) is 0 Å². The SMILES string of the molecule is Cc1c[nH]c(C(N)=NOC(=O)[C@@H]2CC[C@@H]3CCc4ccccc4C(=O)N3C2)c1. The van der Waals surface area contributed by atoms with Gasteiger partial charge in [0.05, 0.1) is 11.6 Å². The fourth-order valence-corrected chi connectivity index (χ4v) is 4.06. The lowest BCUT2D eigenvalue weighted by Crippen LogP contribution is -2.48. The Balaban J connectivity index is 1.45. The number of oxime groups is 1. The fourth-order valence-electron chi connectivity index (χ4n) is 4.06. The summed E-state index contributed by atoms with van der Waals surface area (Å²) < 4.78 is 0. The number of nitrogens with one attached hydrogen (secondary N) is 1. The van der Waals surface area contributed by atoms with Crippen molar-refractivity contribution < 1.29 is 14.4 Å². The standard InChI is InChI=1S/C21H24N4O3/c1-13-10-18(23-11-13)19(22)24-28-21(27)15-7-9-16-8-6-14-4-2-3-5-17(14)20(26)25(16)12-15/h2-5,10-11,15-16,23H,6-9,12H2,1H3,(H2,22,24)/t15-,16+/m1/s1. The molecule has 2 atom stereocenters. The van der Waals surface area contributed by atoms with Gasteiger partial charge in [0.2, 0.25) is 0 Å². The molecule has 0 unspecified atom stereocenters. The summed E-state index contributed by atoms with van der Waals surface area (Å²) in [6.45, 7) is 2.28. The highest BCUT2D eigenvalue weighted by molar-refractivity contribution is 5.97. The van der Waals surface area contributed by atoms with Crippen molar-refractivity contribution in [2.45, 2.75) is 38.6 Å². The summed E-state index contributed by atoms with van der Waals surface area (Å²) in [6.07, 6.45) is 5.06. The first kappa shape index (κ1) is 18.3. The molecule has 0 saturated carbocycles. The zero-order chi connectivity index (χ0) is 19.7. The summed E-state index contributed by atoms with van der Waals surface area (Å²) >= 11 is 0. The lowest BCUT2D eigenvalue weighted by molar-refractivity contribution is -0.150. The molecule has 146 valence electrons. The smallest absolute Gasteiger partial charge is 0.339 e. The first-order valence-electron chi connectivity index (χ1n) is 9.61. The van der Waals surface area contributed by atoms with Crippen LogP contribution < -0.4 is 5.73 Å². The van der Waals surface area contributed by atoms with Crippen LogP contribution in [0.1, 0.15) is 46.4 Å². The molecule has 0 aliphatic carbocycles. The number of nitrogens with zero attached hydrogens (tertiary/aromatic N) is 2. The molecule has 1 aromatic carbocycles. The molecule has 4 rings (SSSR count). The lowest BCUT2D eigenvalue weighted by atomic mass is 9.91. The molecule has 2 aliphatic rings. The van der Waals surface area contributed by atoms with Crippen molar-refractivity contribution in [3.8, 4) is 0 Å². The van der Waals surface area contributed by atoms with Crippen molar-refractivity contribution in [1.29, 1.82) is 0 Å². The van der Waals surface area contributed by atoms with E-state index in [0.717, 1.165) is 36.0 Å². The number of H-pyrrole nitrogens is 1. The van der Waals surface area contributed by atoms with E-state index in [1.807, 2.05) is 42.2 Å². The summed E-state index contributed by atoms with van der Waals surface area (Å²) in [7, 11) is 0. The van der Waals surface area contributed by atoms with E-state index in [1.165, 1.54) is 0 Å². The second kappa shape index (κ2) is 7.50. The molecule has 1 saturated heterocycles. The highest BCUT2D eigenvalue weighted by Gasteiger charge is 2.38. The Morgan fingerprint density at radius 2 is 2.11 bits per heavy atom. The zero-order valence-electron chi connectivity index (χ0n) is 15.9. The number of hydrogen-bond acceptors (Lipinski definition) is 4. The molecule has 7 heteroatoms.